The van der Waals surface area contributed by atoms with E-state index in [9.17, 15) is 20.1 Å². The highest BCUT2D eigenvalue weighted by molar-refractivity contribution is 6.30. The molecule has 1 amide bonds. The smallest absolute Gasteiger partial charge is 0.271 e. The second kappa shape index (κ2) is 6.15. The molecule has 4 N–H and O–H groups in total. The number of carbonyl (C=O) groups excluding carboxylic acids is 1. The van der Waals surface area contributed by atoms with Crippen LogP contribution in [0.15, 0.2) is 41.5 Å². The normalized spacial score (nSPS) is 10.7. The van der Waals surface area contributed by atoms with E-state index in [4.69, 9.17) is 11.6 Å². The zero-order chi connectivity index (χ0) is 15.4. The first kappa shape index (κ1) is 14.7. The first-order valence-electron chi connectivity index (χ1n) is 5.82. The van der Waals surface area contributed by atoms with Gasteiger partial charge >= 0.3 is 0 Å². The summed E-state index contributed by atoms with van der Waals surface area (Å²) < 4.78 is 0. The molecule has 108 valence electrons. The second-order valence-corrected chi connectivity index (χ2v) is 4.52. The van der Waals surface area contributed by atoms with Gasteiger partial charge in [-0.05, 0) is 30.3 Å². The van der Waals surface area contributed by atoms with Gasteiger partial charge in [0.1, 0.15) is 0 Å². The number of phenolic OH excluding ortho intramolecular Hbond substituents is 3. The Morgan fingerprint density at radius 1 is 1.14 bits per heavy atom. The topological polar surface area (TPSA) is 102 Å². The van der Waals surface area contributed by atoms with Gasteiger partial charge in [0.25, 0.3) is 5.91 Å². The van der Waals surface area contributed by atoms with Crippen LogP contribution in [0, 0.1) is 0 Å². The molecule has 0 bridgehead atoms. The van der Waals surface area contributed by atoms with Crippen molar-refractivity contribution in [3.63, 3.8) is 0 Å². The number of carbonyl (C=O) groups is 1. The Bertz CT molecular complexity index is 716. The molecule has 0 saturated carbocycles. The Morgan fingerprint density at radius 3 is 2.62 bits per heavy atom. The van der Waals surface area contributed by atoms with Crippen LogP contribution in [-0.2, 0) is 0 Å². The molecule has 2 aromatic carbocycles. The summed E-state index contributed by atoms with van der Waals surface area (Å²) in [5.41, 5.74) is 2.72. The quantitative estimate of drug-likeness (QED) is 0.396. The monoisotopic (exact) mass is 306 g/mol. The average molecular weight is 307 g/mol. The number of halogens is 1. The molecule has 0 atom stereocenters. The van der Waals surface area contributed by atoms with Crippen molar-refractivity contribution in [1.29, 1.82) is 0 Å². The predicted molar refractivity (Wildman–Crippen MR) is 77.9 cm³/mol. The van der Waals surface area contributed by atoms with Crippen molar-refractivity contribution >= 4 is 23.7 Å². The average Bonchev–Trinajstić information content (AvgIpc) is 2.47. The summed E-state index contributed by atoms with van der Waals surface area (Å²) in [6.45, 7) is 0. The fourth-order valence-electron chi connectivity index (χ4n) is 1.54. The molecule has 0 aliphatic carbocycles. The number of hydrogen-bond donors (Lipinski definition) is 4. The van der Waals surface area contributed by atoms with Crippen LogP contribution < -0.4 is 5.43 Å². The zero-order valence-corrected chi connectivity index (χ0v) is 11.4. The van der Waals surface area contributed by atoms with Crippen molar-refractivity contribution < 1.29 is 20.1 Å². The van der Waals surface area contributed by atoms with Crippen molar-refractivity contribution in [3.8, 4) is 17.2 Å². The zero-order valence-electron chi connectivity index (χ0n) is 10.6. The molecule has 0 unspecified atom stereocenters. The summed E-state index contributed by atoms with van der Waals surface area (Å²) in [6.07, 6.45) is 1.14. The summed E-state index contributed by atoms with van der Waals surface area (Å²) in [7, 11) is 0. The molecule has 0 saturated heterocycles. The van der Waals surface area contributed by atoms with E-state index < -0.39 is 23.2 Å². The Balaban J connectivity index is 2.09. The summed E-state index contributed by atoms with van der Waals surface area (Å²) in [4.78, 5) is 11.8. The van der Waals surface area contributed by atoms with Gasteiger partial charge in [0.15, 0.2) is 11.5 Å². The van der Waals surface area contributed by atoms with E-state index in [0.29, 0.717) is 10.6 Å². The minimum absolute atomic E-state index is 0.136. The Hall–Kier alpha value is -2.73. The molecule has 0 aliphatic rings. The fourth-order valence-corrected chi connectivity index (χ4v) is 1.73. The minimum Gasteiger partial charge on any atom is -0.504 e. The van der Waals surface area contributed by atoms with E-state index in [0.717, 1.165) is 6.21 Å². The molecular formula is C14H11ClN2O4. The van der Waals surface area contributed by atoms with E-state index in [1.54, 1.807) is 18.2 Å². The number of hydrazone groups is 1. The summed E-state index contributed by atoms with van der Waals surface area (Å²) >= 11 is 5.77. The maximum Gasteiger partial charge on any atom is 0.271 e. The van der Waals surface area contributed by atoms with Crippen molar-refractivity contribution in [2.24, 2.45) is 5.10 Å². The second-order valence-electron chi connectivity index (χ2n) is 4.08. The van der Waals surface area contributed by atoms with Gasteiger partial charge in [0, 0.05) is 16.1 Å². The third-order valence-electron chi connectivity index (χ3n) is 2.62. The van der Waals surface area contributed by atoms with Crippen LogP contribution in [-0.4, -0.2) is 27.4 Å². The number of hydrogen-bond acceptors (Lipinski definition) is 5. The third-order valence-corrected chi connectivity index (χ3v) is 2.85. The van der Waals surface area contributed by atoms with Crippen LogP contribution in [0.2, 0.25) is 5.02 Å². The van der Waals surface area contributed by atoms with Gasteiger partial charge in [0.2, 0.25) is 5.75 Å². The Kier molecular flexibility index (Phi) is 4.30. The van der Waals surface area contributed by atoms with Gasteiger partial charge < -0.3 is 15.3 Å². The van der Waals surface area contributed by atoms with Gasteiger partial charge in [-0.15, -0.1) is 0 Å². The molecule has 0 aromatic heterocycles. The number of nitrogens with zero attached hydrogens (tertiary/aromatic N) is 1. The third kappa shape index (κ3) is 3.43. The number of phenols is 3. The first-order valence-corrected chi connectivity index (χ1v) is 6.19. The minimum atomic E-state index is -0.653. The van der Waals surface area contributed by atoms with Crippen LogP contribution in [0.1, 0.15) is 15.9 Å². The molecule has 0 fully saturated rings. The van der Waals surface area contributed by atoms with E-state index >= 15 is 0 Å². The first-order chi connectivity index (χ1) is 9.99. The van der Waals surface area contributed by atoms with Gasteiger partial charge in [-0.25, -0.2) is 5.43 Å². The number of nitrogens with one attached hydrogen (secondary N) is 1. The molecule has 6 nitrogen and oxygen atoms in total. The number of benzene rings is 2. The molecule has 0 spiro atoms. The Morgan fingerprint density at radius 2 is 1.90 bits per heavy atom. The van der Waals surface area contributed by atoms with Crippen LogP contribution in [0.4, 0.5) is 0 Å². The fraction of sp³-hybridized carbons (Fsp3) is 0. The summed E-state index contributed by atoms with van der Waals surface area (Å²) in [6, 6.07) is 8.84. The maximum atomic E-state index is 11.8. The lowest BCUT2D eigenvalue weighted by Crippen LogP contribution is -2.17. The van der Waals surface area contributed by atoms with Crippen molar-refractivity contribution in [1.82, 2.24) is 5.43 Å². The molecule has 7 heteroatoms. The van der Waals surface area contributed by atoms with Crippen molar-refractivity contribution in [2.75, 3.05) is 0 Å². The van der Waals surface area contributed by atoms with Gasteiger partial charge in [-0.3, -0.25) is 4.79 Å². The Labute approximate surface area is 124 Å². The SMILES string of the molecule is O=C(N/N=C/c1ccc(O)c(O)c1O)c1cccc(Cl)c1. The summed E-state index contributed by atoms with van der Waals surface area (Å²) in [5.74, 6) is -2.11. The molecule has 2 rings (SSSR count). The lowest BCUT2D eigenvalue weighted by molar-refractivity contribution is 0.0955. The number of aromatic hydroxyl groups is 3. The standard InChI is InChI=1S/C14H11ClN2O4/c15-10-3-1-2-8(6-10)14(21)17-16-7-9-4-5-11(18)13(20)12(9)19/h1-7,18-20H,(H,17,21)/b16-7+. The summed E-state index contributed by atoms with van der Waals surface area (Å²) in [5, 5.41) is 32.2. The highest BCUT2D eigenvalue weighted by atomic mass is 35.5. The molecule has 2 aromatic rings. The predicted octanol–water partition coefficient (Wildman–Crippen LogP) is 2.22. The number of amides is 1. The highest BCUT2D eigenvalue weighted by Crippen LogP contribution is 2.36. The van der Waals surface area contributed by atoms with Crippen LogP contribution in [0.5, 0.6) is 17.2 Å². The molecule has 0 aliphatic heterocycles. The van der Waals surface area contributed by atoms with Crippen molar-refractivity contribution in [3.05, 3.63) is 52.5 Å². The van der Waals surface area contributed by atoms with Crippen molar-refractivity contribution in [2.45, 2.75) is 0 Å². The van der Waals surface area contributed by atoms with E-state index in [1.807, 2.05) is 0 Å². The van der Waals surface area contributed by atoms with Crippen LogP contribution >= 0.6 is 11.6 Å². The van der Waals surface area contributed by atoms with Gasteiger partial charge in [-0.1, -0.05) is 17.7 Å². The number of rotatable bonds is 3. The lowest BCUT2D eigenvalue weighted by atomic mass is 10.2. The van der Waals surface area contributed by atoms with Gasteiger partial charge in [-0.2, -0.15) is 5.10 Å². The maximum absolute atomic E-state index is 11.8. The van der Waals surface area contributed by atoms with E-state index in [-0.39, 0.29) is 5.56 Å². The lowest BCUT2D eigenvalue weighted by Gasteiger charge is -2.03. The van der Waals surface area contributed by atoms with Crippen LogP contribution in [0.25, 0.3) is 0 Å². The largest absolute Gasteiger partial charge is 0.504 e. The molecular weight excluding hydrogens is 296 g/mol. The van der Waals surface area contributed by atoms with E-state index in [1.165, 1.54) is 18.2 Å². The van der Waals surface area contributed by atoms with Gasteiger partial charge in [0.05, 0.1) is 6.21 Å². The van der Waals surface area contributed by atoms with E-state index in [2.05, 4.69) is 10.5 Å². The molecule has 21 heavy (non-hydrogen) atoms. The molecule has 0 radical (unpaired) electrons. The molecule has 0 heterocycles. The highest BCUT2D eigenvalue weighted by Gasteiger charge is 2.09. The van der Waals surface area contributed by atoms with Crippen LogP contribution in [0.3, 0.4) is 0 Å².